The highest BCUT2D eigenvalue weighted by atomic mass is 32.2. The number of hydrogen-bond acceptors (Lipinski definition) is 5. The van der Waals surface area contributed by atoms with Crippen LogP contribution in [0.25, 0.3) is 0 Å². The monoisotopic (exact) mass is 352 g/mol. The van der Waals surface area contributed by atoms with E-state index in [1.54, 1.807) is 11.3 Å². The van der Waals surface area contributed by atoms with Gasteiger partial charge in [0.25, 0.3) is 5.91 Å². The predicted octanol–water partition coefficient (Wildman–Crippen LogP) is 2.18. The number of carbonyl (C=O) groups excluding carboxylic acids is 1. The lowest BCUT2D eigenvalue weighted by atomic mass is 10.1. The van der Waals surface area contributed by atoms with E-state index in [0.717, 1.165) is 11.8 Å². The largest absolute Gasteiger partial charge is 0.350 e. The summed E-state index contributed by atoms with van der Waals surface area (Å²) in [5, 5.41) is 6.98. The first-order chi connectivity index (χ1) is 10.8. The van der Waals surface area contributed by atoms with Crippen LogP contribution in [0, 0.1) is 0 Å². The van der Waals surface area contributed by atoms with Gasteiger partial charge in [0.05, 0.1) is 10.9 Å². The number of amides is 1. The SMILES string of the molecule is CN(C)C(CNC(=O)c1ccc(S(C)(=O)=O)cc1)c1ccsc1. The number of benzene rings is 1. The van der Waals surface area contributed by atoms with Crippen LogP contribution < -0.4 is 5.32 Å². The van der Waals surface area contributed by atoms with Crippen LogP contribution >= 0.6 is 11.3 Å². The summed E-state index contributed by atoms with van der Waals surface area (Å²) in [5.74, 6) is -0.216. The summed E-state index contributed by atoms with van der Waals surface area (Å²) in [6.45, 7) is 0.483. The number of carbonyl (C=O) groups is 1. The third kappa shape index (κ3) is 4.63. The average molecular weight is 352 g/mol. The predicted molar refractivity (Wildman–Crippen MR) is 92.6 cm³/mol. The Bertz CT molecular complexity index is 751. The minimum Gasteiger partial charge on any atom is -0.350 e. The van der Waals surface area contributed by atoms with Gasteiger partial charge in [-0.05, 0) is 60.8 Å². The maximum absolute atomic E-state index is 12.2. The van der Waals surface area contributed by atoms with Gasteiger partial charge in [-0.1, -0.05) is 0 Å². The standard InChI is InChI=1S/C16H20N2O3S2/c1-18(2)15(13-8-9-22-11-13)10-17-16(19)12-4-6-14(7-5-12)23(3,20)21/h4-9,11,15H,10H2,1-3H3,(H,17,19). The van der Waals surface area contributed by atoms with E-state index in [1.165, 1.54) is 24.3 Å². The van der Waals surface area contributed by atoms with Gasteiger partial charge < -0.3 is 10.2 Å². The zero-order valence-corrected chi connectivity index (χ0v) is 14.9. The molecule has 0 saturated carbocycles. The van der Waals surface area contributed by atoms with Gasteiger partial charge in [0, 0.05) is 18.4 Å². The maximum Gasteiger partial charge on any atom is 0.251 e. The van der Waals surface area contributed by atoms with E-state index >= 15 is 0 Å². The van der Waals surface area contributed by atoms with Crippen molar-refractivity contribution < 1.29 is 13.2 Å². The lowest BCUT2D eigenvalue weighted by Crippen LogP contribution is -2.34. The second-order valence-corrected chi connectivity index (χ2v) is 8.34. The first-order valence-electron chi connectivity index (χ1n) is 7.06. The first kappa shape index (κ1) is 17.7. The highest BCUT2D eigenvalue weighted by Crippen LogP contribution is 2.20. The van der Waals surface area contributed by atoms with Gasteiger partial charge in [-0.25, -0.2) is 8.42 Å². The molecule has 0 spiro atoms. The molecule has 0 bridgehead atoms. The molecule has 0 radical (unpaired) electrons. The molecule has 0 aliphatic rings. The molecular formula is C16H20N2O3S2. The highest BCUT2D eigenvalue weighted by molar-refractivity contribution is 7.90. The zero-order chi connectivity index (χ0) is 17.0. The molecule has 2 aromatic rings. The molecule has 0 fully saturated rings. The topological polar surface area (TPSA) is 66.5 Å². The molecule has 23 heavy (non-hydrogen) atoms. The van der Waals surface area contributed by atoms with E-state index in [-0.39, 0.29) is 16.8 Å². The number of nitrogens with one attached hydrogen (secondary N) is 1. The highest BCUT2D eigenvalue weighted by Gasteiger charge is 2.16. The molecule has 1 N–H and O–H groups in total. The molecule has 1 aromatic heterocycles. The minimum atomic E-state index is -3.25. The second kappa shape index (κ2) is 7.25. The fraction of sp³-hybridized carbons (Fsp3) is 0.312. The minimum absolute atomic E-state index is 0.0977. The van der Waals surface area contributed by atoms with E-state index in [1.807, 2.05) is 25.5 Å². The van der Waals surface area contributed by atoms with E-state index < -0.39 is 9.84 Å². The Morgan fingerprint density at radius 3 is 2.35 bits per heavy atom. The van der Waals surface area contributed by atoms with Crippen LogP contribution in [0.15, 0.2) is 46.0 Å². The summed E-state index contributed by atoms with van der Waals surface area (Å²) >= 11 is 1.62. The van der Waals surface area contributed by atoms with Crippen molar-refractivity contribution in [3.05, 3.63) is 52.2 Å². The molecule has 0 aliphatic heterocycles. The Labute approximate surface area is 140 Å². The normalized spacial score (nSPS) is 13.0. The molecule has 0 saturated heterocycles. The van der Waals surface area contributed by atoms with E-state index in [0.29, 0.717) is 12.1 Å². The van der Waals surface area contributed by atoms with E-state index in [4.69, 9.17) is 0 Å². The lowest BCUT2D eigenvalue weighted by Gasteiger charge is -2.24. The molecule has 2 rings (SSSR count). The van der Waals surface area contributed by atoms with Gasteiger partial charge in [0.1, 0.15) is 0 Å². The van der Waals surface area contributed by atoms with Crippen LogP contribution in [0.4, 0.5) is 0 Å². The Kier molecular flexibility index (Phi) is 5.56. The molecule has 1 amide bonds. The van der Waals surface area contributed by atoms with Crippen molar-refractivity contribution in [3.63, 3.8) is 0 Å². The van der Waals surface area contributed by atoms with Crippen molar-refractivity contribution in [1.29, 1.82) is 0 Å². The van der Waals surface area contributed by atoms with Crippen LogP contribution in [0.1, 0.15) is 22.0 Å². The first-order valence-corrected chi connectivity index (χ1v) is 9.89. The maximum atomic E-state index is 12.2. The second-order valence-electron chi connectivity index (χ2n) is 5.54. The summed E-state index contributed by atoms with van der Waals surface area (Å²) in [6, 6.07) is 8.10. The van der Waals surface area contributed by atoms with Crippen LogP contribution in [-0.4, -0.2) is 46.1 Å². The van der Waals surface area contributed by atoms with Gasteiger partial charge in [-0.2, -0.15) is 11.3 Å². The quantitative estimate of drug-likeness (QED) is 0.865. The number of rotatable bonds is 6. The Hall–Kier alpha value is -1.70. The van der Waals surface area contributed by atoms with Crippen LogP contribution in [0.5, 0.6) is 0 Å². The van der Waals surface area contributed by atoms with Crippen molar-refractivity contribution in [1.82, 2.24) is 10.2 Å². The Morgan fingerprint density at radius 1 is 1.22 bits per heavy atom. The molecule has 0 aliphatic carbocycles. The van der Waals surface area contributed by atoms with E-state index in [9.17, 15) is 13.2 Å². The zero-order valence-electron chi connectivity index (χ0n) is 13.3. The number of thiophene rings is 1. The van der Waals surface area contributed by atoms with Gasteiger partial charge in [0.2, 0.25) is 0 Å². The lowest BCUT2D eigenvalue weighted by molar-refractivity contribution is 0.0942. The van der Waals surface area contributed by atoms with Gasteiger partial charge in [-0.15, -0.1) is 0 Å². The molecule has 1 atom stereocenters. The molecule has 7 heteroatoms. The van der Waals surface area contributed by atoms with Crippen LogP contribution in [0.3, 0.4) is 0 Å². The summed E-state index contributed by atoms with van der Waals surface area (Å²) in [6.07, 6.45) is 1.14. The van der Waals surface area contributed by atoms with Crippen molar-refractivity contribution >= 4 is 27.1 Å². The molecule has 1 unspecified atom stereocenters. The summed E-state index contributed by atoms with van der Waals surface area (Å²) < 4.78 is 22.9. The molecule has 124 valence electrons. The third-order valence-corrected chi connectivity index (χ3v) is 5.38. The summed E-state index contributed by atoms with van der Waals surface area (Å²) in [7, 11) is 0.686. The summed E-state index contributed by atoms with van der Waals surface area (Å²) in [5.41, 5.74) is 1.60. The van der Waals surface area contributed by atoms with Gasteiger partial charge in [0.15, 0.2) is 9.84 Å². The van der Waals surface area contributed by atoms with E-state index in [2.05, 4.69) is 15.6 Å². The van der Waals surface area contributed by atoms with Crippen molar-refractivity contribution in [2.45, 2.75) is 10.9 Å². The van der Waals surface area contributed by atoms with Crippen molar-refractivity contribution in [2.24, 2.45) is 0 Å². The number of likely N-dealkylation sites (N-methyl/N-ethyl adjacent to an activating group) is 1. The van der Waals surface area contributed by atoms with Crippen molar-refractivity contribution in [2.75, 3.05) is 26.9 Å². The molecular weight excluding hydrogens is 332 g/mol. The van der Waals surface area contributed by atoms with Crippen LogP contribution in [0.2, 0.25) is 0 Å². The fourth-order valence-electron chi connectivity index (χ4n) is 2.21. The van der Waals surface area contributed by atoms with Gasteiger partial charge in [-0.3, -0.25) is 4.79 Å². The third-order valence-electron chi connectivity index (χ3n) is 3.55. The average Bonchev–Trinajstić information content (AvgIpc) is 3.00. The Balaban J connectivity index is 2.04. The van der Waals surface area contributed by atoms with Gasteiger partial charge >= 0.3 is 0 Å². The fourth-order valence-corrected chi connectivity index (χ4v) is 3.55. The number of sulfone groups is 1. The van der Waals surface area contributed by atoms with Crippen LogP contribution in [-0.2, 0) is 9.84 Å². The number of nitrogens with zero attached hydrogens (tertiary/aromatic N) is 1. The van der Waals surface area contributed by atoms with Crippen molar-refractivity contribution in [3.8, 4) is 0 Å². The molecule has 1 aromatic carbocycles. The Morgan fingerprint density at radius 2 is 1.87 bits per heavy atom. The summed E-state index contributed by atoms with van der Waals surface area (Å²) in [4.78, 5) is 14.5. The molecule has 5 nitrogen and oxygen atoms in total. The smallest absolute Gasteiger partial charge is 0.251 e. The number of hydrogen-bond donors (Lipinski definition) is 1. The molecule has 1 heterocycles.